The van der Waals surface area contributed by atoms with Crippen molar-refractivity contribution in [3.63, 3.8) is 0 Å². The van der Waals surface area contributed by atoms with Crippen molar-refractivity contribution in [3.05, 3.63) is 86.7 Å². The largest absolute Gasteiger partial charge is 0.308 e. The third kappa shape index (κ3) is 3.95. The van der Waals surface area contributed by atoms with Gasteiger partial charge in [0.1, 0.15) is 4.90 Å². The van der Waals surface area contributed by atoms with E-state index in [1.165, 1.54) is 18.2 Å². The molecule has 0 saturated carbocycles. The molecule has 7 heteroatoms. The fourth-order valence-corrected chi connectivity index (χ4v) is 3.86. The highest BCUT2D eigenvalue weighted by Gasteiger charge is 2.18. The number of hydrogen-bond acceptors (Lipinski definition) is 3. The predicted octanol–water partition coefficient (Wildman–Crippen LogP) is 3.88. The van der Waals surface area contributed by atoms with E-state index < -0.39 is 10.1 Å². The highest BCUT2D eigenvalue weighted by molar-refractivity contribution is 9.10. The molecule has 1 aromatic heterocycles. The Morgan fingerprint density at radius 1 is 1.04 bits per heavy atom. The van der Waals surface area contributed by atoms with Crippen LogP contribution in [0.4, 0.5) is 0 Å². The number of rotatable bonds is 4. The maximum absolute atomic E-state index is 12.6. The lowest BCUT2D eigenvalue weighted by Gasteiger charge is -2.13. The molecule has 5 nitrogen and oxygen atoms in total. The lowest BCUT2D eigenvalue weighted by Crippen LogP contribution is -2.22. The van der Waals surface area contributed by atoms with Gasteiger partial charge in [0.05, 0.1) is 6.54 Å². The number of benzene rings is 2. The molecule has 3 aromatic rings. The van der Waals surface area contributed by atoms with Gasteiger partial charge in [0.25, 0.3) is 15.7 Å². The predicted molar refractivity (Wildman–Crippen MR) is 104 cm³/mol. The van der Waals surface area contributed by atoms with Gasteiger partial charge in [-0.05, 0) is 42.3 Å². The summed E-state index contributed by atoms with van der Waals surface area (Å²) in [5, 5.41) is 0. The molecule has 1 heterocycles. The Morgan fingerprint density at radius 2 is 1.73 bits per heavy atom. The standard InChI is InChI=1S/C19H16BrNO4S/c1-13-9-15(17-11-16(20)7-8-18(17)26(23,24)25)10-19(22)21(13)12-14-5-3-2-4-6-14/h2-11H,12H2,1H3,(H,23,24,25). The van der Waals surface area contributed by atoms with Gasteiger partial charge in [-0.2, -0.15) is 8.42 Å². The zero-order chi connectivity index (χ0) is 18.9. The van der Waals surface area contributed by atoms with Crippen LogP contribution in [0.1, 0.15) is 11.3 Å². The highest BCUT2D eigenvalue weighted by atomic mass is 79.9. The first-order valence-electron chi connectivity index (χ1n) is 7.78. The molecule has 134 valence electrons. The first kappa shape index (κ1) is 18.6. The Morgan fingerprint density at radius 3 is 2.35 bits per heavy atom. The van der Waals surface area contributed by atoms with Crippen LogP contribution in [0.25, 0.3) is 11.1 Å². The van der Waals surface area contributed by atoms with Crippen molar-refractivity contribution in [2.24, 2.45) is 0 Å². The number of hydrogen-bond donors (Lipinski definition) is 1. The number of pyridine rings is 1. The summed E-state index contributed by atoms with van der Waals surface area (Å²) in [6.07, 6.45) is 0. The maximum atomic E-state index is 12.6. The van der Waals surface area contributed by atoms with E-state index in [0.29, 0.717) is 22.3 Å². The Kier molecular flexibility index (Phi) is 5.13. The van der Waals surface area contributed by atoms with Crippen LogP contribution >= 0.6 is 15.9 Å². The number of aryl methyl sites for hydroxylation is 1. The van der Waals surface area contributed by atoms with Gasteiger partial charge in [0.15, 0.2) is 0 Å². The fourth-order valence-electron chi connectivity index (χ4n) is 2.81. The fraction of sp³-hybridized carbons (Fsp3) is 0.105. The average Bonchev–Trinajstić information content (AvgIpc) is 2.57. The zero-order valence-corrected chi connectivity index (χ0v) is 16.3. The molecule has 0 bridgehead atoms. The molecule has 0 radical (unpaired) electrons. The van der Waals surface area contributed by atoms with Gasteiger partial charge in [-0.1, -0.05) is 46.3 Å². The van der Waals surface area contributed by atoms with Gasteiger partial charge in [-0.15, -0.1) is 0 Å². The van der Waals surface area contributed by atoms with Crippen molar-refractivity contribution in [2.45, 2.75) is 18.4 Å². The van der Waals surface area contributed by atoms with Crippen LogP contribution in [0.2, 0.25) is 0 Å². The topological polar surface area (TPSA) is 76.4 Å². The molecule has 0 atom stereocenters. The smallest absolute Gasteiger partial charge is 0.295 e. The summed E-state index contributed by atoms with van der Waals surface area (Å²) in [7, 11) is -4.41. The van der Waals surface area contributed by atoms with Crippen molar-refractivity contribution in [1.29, 1.82) is 0 Å². The van der Waals surface area contributed by atoms with E-state index in [4.69, 9.17) is 0 Å². The van der Waals surface area contributed by atoms with E-state index >= 15 is 0 Å². The van der Waals surface area contributed by atoms with Crippen LogP contribution in [0.3, 0.4) is 0 Å². The molecule has 3 rings (SSSR count). The van der Waals surface area contributed by atoms with Crippen molar-refractivity contribution in [3.8, 4) is 11.1 Å². The molecule has 1 N–H and O–H groups in total. The third-order valence-corrected chi connectivity index (χ3v) is 5.45. The summed E-state index contributed by atoms with van der Waals surface area (Å²) in [4.78, 5) is 12.4. The average molecular weight is 434 g/mol. The molecular formula is C19H16BrNO4S. The van der Waals surface area contributed by atoms with Crippen molar-refractivity contribution >= 4 is 26.0 Å². The lowest BCUT2D eigenvalue weighted by molar-refractivity contribution is 0.483. The molecule has 0 spiro atoms. The zero-order valence-electron chi connectivity index (χ0n) is 13.9. The van der Waals surface area contributed by atoms with Crippen LogP contribution in [-0.2, 0) is 16.7 Å². The molecule has 2 aromatic carbocycles. The molecule has 0 aliphatic carbocycles. The third-order valence-electron chi connectivity index (χ3n) is 4.05. The summed E-state index contributed by atoms with van der Waals surface area (Å²) >= 11 is 3.30. The molecule has 0 amide bonds. The minimum atomic E-state index is -4.41. The monoisotopic (exact) mass is 433 g/mol. The second-order valence-corrected chi connectivity index (χ2v) is 8.22. The van der Waals surface area contributed by atoms with Crippen LogP contribution in [-0.4, -0.2) is 17.5 Å². The minimum Gasteiger partial charge on any atom is -0.308 e. The Bertz CT molecular complexity index is 1120. The number of aromatic nitrogens is 1. The molecule has 0 aliphatic rings. The van der Waals surface area contributed by atoms with E-state index in [1.54, 1.807) is 23.6 Å². The molecule has 0 saturated heterocycles. The molecule has 0 unspecified atom stereocenters. The van der Waals surface area contributed by atoms with Gasteiger partial charge >= 0.3 is 0 Å². The van der Waals surface area contributed by atoms with Crippen LogP contribution in [0.5, 0.6) is 0 Å². The minimum absolute atomic E-state index is 0.236. The van der Waals surface area contributed by atoms with Crippen LogP contribution < -0.4 is 5.56 Å². The van der Waals surface area contributed by atoms with Crippen molar-refractivity contribution in [1.82, 2.24) is 4.57 Å². The first-order chi connectivity index (χ1) is 12.3. The van der Waals surface area contributed by atoms with Gasteiger partial charge in [-0.25, -0.2) is 0 Å². The van der Waals surface area contributed by atoms with E-state index in [-0.39, 0.29) is 16.0 Å². The SMILES string of the molecule is Cc1cc(-c2cc(Br)ccc2S(=O)(=O)O)cc(=O)n1Cc1ccccc1. The number of nitrogens with zero attached hydrogens (tertiary/aromatic N) is 1. The summed E-state index contributed by atoms with van der Waals surface area (Å²) in [5.41, 5.74) is 2.15. The Labute approximate surface area is 159 Å². The van der Waals surface area contributed by atoms with Gasteiger partial charge in [0.2, 0.25) is 0 Å². The van der Waals surface area contributed by atoms with E-state index in [0.717, 1.165) is 5.56 Å². The Balaban J connectivity index is 2.12. The quantitative estimate of drug-likeness (QED) is 0.633. The van der Waals surface area contributed by atoms with E-state index in [9.17, 15) is 17.8 Å². The van der Waals surface area contributed by atoms with Gasteiger partial charge in [0, 0.05) is 21.8 Å². The summed E-state index contributed by atoms with van der Waals surface area (Å²) in [6, 6.07) is 17.1. The second-order valence-electron chi connectivity index (χ2n) is 5.91. The number of halogens is 1. The van der Waals surface area contributed by atoms with Gasteiger partial charge in [-0.3, -0.25) is 9.35 Å². The summed E-state index contributed by atoms with van der Waals surface area (Å²) < 4.78 is 35.1. The van der Waals surface area contributed by atoms with E-state index in [1.807, 2.05) is 30.3 Å². The van der Waals surface area contributed by atoms with Gasteiger partial charge < -0.3 is 4.57 Å². The molecule has 0 aliphatic heterocycles. The second kappa shape index (κ2) is 7.19. The first-order valence-corrected chi connectivity index (χ1v) is 10.0. The van der Waals surface area contributed by atoms with Crippen molar-refractivity contribution < 1.29 is 13.0 Å². The molecule has 26 heavy (non-hydrogen) atoms. The summed E-state index contributed by atoms with van der Waals surface area (Å²) in [5.74, 6) is 0. The molecular weight excluding hydrogens is 418 g/mol. The van der Waals surface area contributed by atoms with E-state index in [2.05, 4.69) is 15.9 Å². The highest BCUT2D eigenvalue weighted by Crippen LogP contribution is 2.30. The lowest BCUT2D eigenvalue weighted by atomic mass is 10.1. The van der Waals surface area contributed by atoms with Crippen LogP contribution in [0.15, 0.2) is 74.8 Å². The normalized spacial score (nSPS) is 11.5. The van der Waals surface area contributed by atoms with Crippen molar-refractivity contribution in [2.75, 3.05) is 0 Å². The summed E-state index contributed by atoms with van der Waals surface area (Å²) in [6.45, 7) is 2.22. The Hall–Kier alpha value is -2.22. The van der Waals surface area contributed by atoms with Crippen LogP contribution in [0, 0.1) is 6.92 Å². The molecule has 0 fully saturated rings. The maximum Gasteiger partial charge on any atom is 0.295 e.